The summed E-state index contributed by atoms with van der Waals surface area (Å²) in [5.41, 5.74) is 0.208. The smallest absolute Gasteiger partial charge is 0.216 e. The van der Waals surface area contributed by atoms with Gasteiger partial charge < -0.3 is 0 Å². The fourth-order valence-corrected chi connectivity index (χ4v) is 0.640. The van der Waals surface area contributed by atoms with Crippen molar-refractivity contribution in [3.05, 3.63) is 36.5 Å². The number of aromatic nitrogens is 1. The van der Waals surface area contributed by atoms with E-state index < -0.39 is 11.8 Å². The van der Waals surface area contributed by atoms with Gasteiger partial charge in [0.1, 0.15) is 5.82 Å². The summed E-state index contributed by atoms with van der Waals surface area (Å²) in [7, 11) is 0. The fourth-order valence-electron chi connectivity index (χ4n) is 0.640. The number of hydrogen-bond donors (Lipinski definition) is 0. The number of nitrogens with zero attached hydrogens (tertiary/aromatic N) is 1. The average molecular weight is 142 g/mol. The summed E-state index contributed by atoms with van der Waals surface area (Å²) in [6.45, 7) is 3.41. The van der Waals surface area contributed by atoms with Gasteiger partial charge in [0.2, 0.25) is 5.95 Å². The van der Waals surface area contributed by atoms with E-state index in [2.05, 4.69) is 11.9 Å². The van der Waals surface area contributed by atoms with Crippen molar-refractivity contribution in [1.29, 1.82) is 0 Å². The van der Waals surface area contributed by atoms with Crippen molar-refractivity contribution in [1.82, 2.24) is 4.98 Å². The van der Waals surface area contributed by atoms with Crippen LogP contribution in [-0.4, -0.2) is 4.98 Å². The first kappa shape index (κ1) is 7.12. The van der Waals surface area contributed by atoms with Crippen molar-refractivity contribution in [2.45, 2.75) is 6.42 Å². The van der Waals surface area contributed by atoms with Crippen LogP contribution in [0.4, 0.5) is 8.78 Å². The van der Waals surface area contributed by atoms with Gasteiger partial charge in [-0.25, -0.2) is 9.37 Å². The van der Waals surface area contributed by atoms with Crippen LogP contribution in [0.2, 0.25) is 0 Å². The van der Waals surface area contributed by atoms with Gasteiger partial charge in [-0.3, -0.25) is 0 Å². The van der Waals surface area contributed by atoms with E-state index in [0.29, 0.717) is 0 Å². The van der Waals surface area contributed by atoms with Gasteiger partial charge in [0.25, 0.3) is 0 Å². The predicted octanol–water partition coefficient (Wildman–Crippen LogP) is 1.74. The third-order valence-electron chi connectivity index (χ3n) is 1.15. The monoisotopic (exact) mass is 142 g/mol. The lowest BCUT2D eigenvalue weighted by atomic mass is 10.2. The van der Waals surface area contributed by atoms with Gasteiger partial charge in [-0.1, -0.05) is 0 Å². The Bertz CT molecular complexity index is 235. The minimum absolute atomic E-state index is 0.208. The molecule has 0 N–H and O–H groups in total. The Morgan fingerprint density at radius 3 is 2.70 bits per heavy atom. The zero-order valence-corrected chi connectivity index (χ0v) is 5.27. The van der Waals surface area contributed by atoms with E-state index in [0.717, 1.165) is 12.3 Å². The van der Waals surface area contributed by atoms with Crippen LogP contribution in [0.15, 0.2) is 12.3 Å². The van der Waals surface area contributed by atoms with E-state index in [1.54, 1.807) is 0 Å². The normalized spacial score (nSPS) is 9.90. The van der Waals surface area contributed by atoms with Crippen LogP contribution < -0.4 is 0 Å². The molecule has 0 aliphatic heterocycles. The van der Waals surface area contributed by atoms with Crippen molar-refractivity contribution >= 4 is 0 Å². The van der Waals surface area contributed by atoms with E-state index >= 15 is 0 Å². The van der Waals surface area contributed by atoms with E-state index in [1.807, 2.05) is 0 Å². The molecule has 1 aromatic rings. The molecular formula is C7H6F2N. The molecule has 10 heavy (non-hydrogen) atoms. The summed E-state index contributed by atoms with van der Waals surface area (Å²) in [4.78, 5) is 3.17. The molecule has 1 radical (unpaired) electrons. The van der Waals surface area contributed by atoms with Gasteiger partial charge in [0, 0.05) is 5.56 Å². The molecule has 0 saturated carbocycles. The molecular weight excluding hydrogens is 136 g/mol. The molecule has 1 rings (SSSR count). The molecule has 0 fully saturated rings. The van der Waals surface area contributed by atoms with Crippen molar-refractivity contribution in [2.75, 3.05) is 0 Å². The SMILES string of the molecule is [CH2]Cc1cc(F)cnc1F. The minimum Gasteiger partial charge on any atom is -0.225 e. The van der Waals surface area contributed by atoms with Gasteiger partial charge in [-0.15, -0.1) is 0 Å². The van der Waals surface area contributed by atoms with E-state index in [1.165, 1.54) is 0 Å². The molecule has 0 aromatic carbocycles. The van der Waals surface area contributed by atoms with Crippen LogP contribution in [0.1, 0.15) is 5.56 Å². The molecule has 1 aromatic heterocycles. The number of pyridine rings is 1. The molecule has 0 unspecified atom stereocenters. The Hall–Kier alpha value is -0.990. The second kappa shape index (κ2) is 2.73. The molecule has 0 bridgehead atoms. The van der Waals surface area contributed by atoms with Gasteiger partial charge in [0.05, 0.1) is 6.20 Å². The Morgan fingerprint density at radius 1 is 1.50 bits per heavy atom. The summed E-state index contributed by atoms with van der Waals surface area (Å²) in [6.07, 6.45) is 1.06. The van der Waals surface area contributed by atoms with E-state index in [9.17, 15) is 8.78 Å². The maximum absolute atomic E-state index is 12.5. The average Bonchev–Trinajstić information content (AvgIpc) is 1.94. The van der Waals surface area contributed by atoms with Gasteiger partial charge in [-0.05, 0) is 19.4 Å². The number of rotatable bonds is 1. The Kier molecular flexibility index (Phi) is 1.94. The molecule has 0 aliphatic carbocycles. The zero-order valence-electron chi connectivity index (χ0n) is 5.27. The number of hydrogen-bond acceptors (Lipinski definition) is 1. The summed E-state index contributed by atoms with van der Waals surface area (Å²) in [5, 5.41) is 0. The Morgan fingerprint density at radius 2 is 2.20 bits per heavy atom. The predicted molar refractivity (Wildman–Crippen MR) is 33.2 cm³/mol. The fraction of sp³-hybridized carbons (Fsp3) is 0.143. The van der Waals surface area contributed by atoms with E-state index in [-0.39, 0.29) is 12.0 Å². The molecule has 0 atom stereocenters. The molecule has 1 nitrogen and oxygen atoms in total. The highest BCUT2D eigenvalue weighted by atomic mass is 19.1. The van der Waals surface area contributed by atoms with Crippen molar-refractivity contribution in [3.8, 4) is 0 Å². The molecule has 1 heterocycles. The van der Waals surface area contributed by atoms with Crippen LogP contribution in [0.25, 0.3) is 0 Å². The first-order valence-corrected chi connectivity index (χ1v) is 2.83. The maximum Gasteiger partial charge on any atom is 0.216 e. The van der Waals surface area contributed by atoms with Gasteiger partial charge in [0.15, 0.2) is 0 Å². The quantitative estimate of drug-likeness (QED) is 0.544. The summed E-state index contributed by atoms with van der Waals surface area (Å²) < 4.78 is 24.7. The molecule has 0 amide bonds. The van der Waals surface area contributed by atoms with Crippen LogP contribution in [0.3, 0.4) is 0 Å². The summed E-state index contributed by atoms with van der Waals surface area (Å²) in [5.74, 6) is -1.17. The lowest BCUT2D eigenvalue weighted by molar-refractivity contribution is 0.547. The third kappa shape index (κ3) is 1.29. The molecule has 3 heteroatoms. The highest BCUT2D eigenvalue weighted by molar-refractivity contribution is 5.12. The first-order valence-electron chi connectivity index (χ1n) is 2.83. The van der Waals surface area contributed by atoms with Crippen molar-refractivity contribution < 1.29 is 8.78 Å². The minimum atomic E-state index is -0.642. The Labute approximate surface area is 57.7 Å². The van der Waals surface area contributed by atoms with Gasteiger partial charge >= 0.3 is 0 Å². The highest BCUT2D eigenvalue weighted by Crippen LogP contribution is 2.05. The Balaban J connectivity index is 3.09. The van der Waals surface area contributed by atoms with Crippen LogP contribution in [0, 0.1) is 18.7 Å². The van der Waals surface area contributed by atoms with Crippen molar-refractivity contribution in [3.63, 3.8) is 0 Å². The lowest BCUT2D eigenvalue weighted by Crippen LogP contribution is -1.92. The molecule has 53 valence electrons. The standard InChI is InChI=1S/C7H6F2N/c1-2-5-3-6(8)4-10-7(5)9/h3-4H,1-2H2. The largest absolute Gasteiger partial charge is 0.225 e. The second-order valence-electron chi connectivity index (χ2n) is 1.85. The maximum atomic E-state index is 12.5. The molecule has 0 spiro atoms. The van der Waals surface area contributed by atoms with Gasteiger partial charge in [-0.2, -0.15) is 4.39 Å². The molecule has 0 saturated heterocycles. The van der Waals surface area contributed by atoms with Crippen LogP contribution >= 0.6 is 0 Å². The van der Waals surface area contributed by atoms with E-state index in [4.69, 9.17) is 0 Å². The summed E-state index contributed by atoms with van der Waals surface area (Å²) in [6, 6.07) is 1.09. The van der Waals surface area contributed by atoms with Crippen LogP contribution in [-0.2, 0) is 6.42 Å². The highest BCUT2D eigenvalue weighted by Gasteiger charge is 2.01. The second-order valence-corrected chi connectivity index (χ2v) is 1.85. The number of halogens is 2. The zero-order chi connectivity index (χ0) is 7.56. The molecule has 0 aliphatic rings. The first-order chi connectivity index (χ1) is 4.74. The summed E-state index contributed by atoms with van der Waals surface area (Å²) >= 11 is 0. The lowest BCUT2D eigenvalue weighted by Gasteiger charge is -1.95. The van der Waals surface area contributed by atoms with Crippen LogP contribution in [0.5, 0.6) is 0 Å². The van der Waals surface area contributed by atoms with Crippen molar-refractivity contribution in [2.24, 2.45) is 0 Å². The topological polar surface area (TPSA) is 12.9 Å². The third-order valence-corrected chi connectivity index (χ3v) is 1.15.